The van der Waals surface area contributed by atoms with Crippen LogP contribution in [0.15, 0.2) is 30.3 Å². The van der Waals surface area contributed by atoms with Crippen molar-refractivity contribution in [2.45, 2.75) is 25.7 Å². The van der Waals surface area contributed by atoms with Crippen LogP contribution in [0.1, 0.15) is 40.5 Å². The van der Waals surface area contributed by atoms with Crippen molar-refractivity contribution in [1.29, 1.82) is 0 Å². The summed E-state index contributed by atoms with van der Waals surface area (Å²) in [6, 6.07) is 9.22. The van der Waals surface area contributed by atoms with Crippen molar-refractivity contribution in [3.8, 4) is 5.75 Å². The Balaban J connectivity index is 1.77. The van der Waals surface area contributed by atoms with Gasteiger partial charge in [0.05, 0.1) is 18.5 Å². The van der Waals surface area contributed by atoms with Gasteiger partial charge < -0.3 is 10.1 Å². The van der Waals surface area contributed by atoms with Crippen LogP contribution >= 0.6 is 0 Å². The number of hydrogen-bond acceptors (Lipinski definition) is 4. The molecule has 1 fully saturated rings. The van der Waals surface area contributed by atoms with Gasteiger partial charge in [-0.15, -0.1) is 5.10 Å². The number of aryl methyl sites for hydroxylation is 1. The lowest BCUT2D eigenvalue weighted by Crippen LogP contribution is -2.15. The lowest BCUT2D eigenvalue weighted by atomic mass is 10.2. The van der Waals surface area contributed by atoms with Crippen molar-refractivity contribution in [1.82, 2.24) is 10.2 Å². The van der Waals surface area contributed by atoms with Crippen molar-refractivity contribution in [3.05, 3.63) is 47.3 Å². The molecule has 1 amide bonds. The average molecular weight is 283 g/mol. The highest BCUT2D eigenvalue weighted by molar-refractivity contribution is 6.03. The van der Waals surface area contributed by atoms with Crippen LogP contribution in [-0.2, 0) is 0 Å². The maximum Gasteiger partial charge on any atom is 0.276 e. The van der Waals surface area contributed by atoms with E-state index in [9.17, 15) is 4.79 Å². The SMILES string of the molecule is COc1ccc(C)cc1NC(=O)c1ccc(C2CC2)nn1. The summed E-state index contributed by atoms with van der Waals surface area (Å²) >= 11 is 0. The molecule has 0 saturated heterocycles. The standard InChI is InChI=1S/C16H17N3O2/c1-10-3-8-15(21-2)14(9-10)17-16(20)13-7-6-12(18-19-13)11-4-5-11/h3,6-9,11H,4-5H2,1-2H3,(H,17,20). The molecule has 3 rings (SSSR count). The fourth-order valence-electron chi connectivity index (χ4n) is 2.17. The number of hydrogen-bond donors (Lipinski definition) is 1. The van der Waals surface area contributed by atoms with Crippen molar-refractivity contribution < 1.29 is 9.53 Å². The maximum absolute atomic E-state index is 12.2. The van der Waals surface area contributed by atoms with Crippen LogP contribution in [0, 0.1) is 6.92 Å². The summed E-state index contributed by atoms with van der Waals surface area (Å²) in [6.07, 6.45) is 2.33. The molecule has 1 N–H and O–H groups in total. The molecular weight excluding hydrogens is 266 g/mol. The number of methoxy groups -OCH3 is 1. The van der Waals surface area contributed by atoms with Crippen LogP contribution in [0.25, 0.3) is 0 Å². The smallest absolute Gasteiger partial charge is 0.276 e. The highest BCUT2D eigenvalue weighted by atomic mass is 16.5. The van der Waals surface area contributed by atoms with Gasteiger partial charge in [-0.3, -0.25) is 4.79 Å². The number of benzene rings is 1. The second kappa shape index (κ2) is 5.52. The summed E-state index contributed by atoms with van der Waals surface area (Å²) in [5, 5.41) is 10.9. The number of rotatable bonds is 4. The third-order valence-electron chi connectivity index (χ3n) is 3.52. The van der Waals surface area contributed by atoms with Gasteiger partial charge in [0.1, 0.15) is 5.75 Å². The molecule has 5 nitrogen and oxygen atoms in total. The molecule has 0 radical (unpaired) electrons. The molecule has 1 aromatic carbocycles. The third kappa shape index (κ3) is 3.02. The predicted molar refractivity (Wildman–Crippen MR) is 79.7 cm³/mol. The zero-order valence-corrected chi connectivity index (χ0v) is 12.1. The number of nitrogens with zero attached hydrogens (tertiary/aromatic N) is 2. The molecule has 1 aromatic heterocycles. The maximum atomic E-state index is 12.2. The molecule has 0 unspecified atom stereocenters. The van der Waals surface area contributed by atoms with Crippen molar-refractivity contribution in [3.63, 3.8) is 0 Å². The van der Waals surface area contributed by atoms with Crippen LogP contribution in [0.5, 0.6) is 5.75 Å². The van der Waals surface area contributed by atoms with Gasteiger partial charge >= 0.3 is 0 Å². The lowest BCUT2D eigenvalue weighted by molar-refractivity contribution is 0.102. The van der Waals surface area contributed by atoms with Gasteiger partial charge in [-0.25, -0.2) is 0 Å². The van der Waals surface area contributed by atoms with Gasteiger partial charge in [-0.05, 0) is 49.6 Å². The zero-order chi connectivity index (χ0) is 14.8. The fraction of sp³-hybridized carbons (Fsp3) is 0.312. The Labute approximate surface area is 123 Å². The van der Waals surface area contributed by atoms with Gasteiger partial charge in [-0.1, -0.05) is 6.07 Å². The summed E-state index contributed by atoms with van der Waals surface area (Å²) in [5.74, 6) is 0.872. The summed E-state index contributed by atoms with van der Waals surface area (Å²) in [5.41, 5.74) is 2.96. The Kier molecular flexibility index (Phi) is 3.56. The Morgan fingerprint density at radius 3 is 2.67 bits per heavy atom. The predicted octanol–water partition coefficient (Wildman–Crippen LogP) is 2.92. The first-order chi connectivity index (χ1) is 10.2. The third-order valence-corrected chi connectivity index (χ3v) is 3.52. The van der Waals surface area contributed by atoms with Crippen LogP contribution < -0.4 is 10.1 Å². The monoisotopic (exact) mass is 283 g/mol. The van der Waals surface area contributed by atoms with Crippen LogP contribution in [0.4, 0.5) is 5.69 Å². The first-order valence-electron chi connectivity index (χ1n) is 6.97. The van der Waals surface area contributed by atoms with E-state index < -0.39 is 0 Å². The first kappa shape index (κ1) is 13.5. The molecule has 21 heavy (non-hydrogen) atoms. The first-order valence-corrected chi connectivity index (χ1v) is 6.97. The van der Waals surface area contributed by atoms with E-state index in [1.165, 1.54) is 12.8 Å². The number of carbonyl (C=O) groups is 1. The largest absolute Gasteiger partial charge is 0.495 e. The normalized spacial score (nSPS) is 13.8. The van der Waals surface area contributed by atoms with Crippen molar-refractivity contribution in [2.75, 3.05) is 12.4 Å². The summed E-state index contributed by atoms with van der Waals surface area (Å²) in [6.45, 7) is 1.96. The number of ether oxygens (including phenoxy) is 1. The van der Waals surface area contributed by atoms with E-state index in [1.54, 1.807) is 13.2 Å². The minimum Gasteiger partial charge on any atom is -0.495 e. The van der Waals surface area contributed by atoms with Crippen LogP contribution in [0.3, 0.4) is 0 Å². The molecule has 0 aliphatic heterocycles. The molecule has 0 atom stereocenters. The number of carbonyl (C=O) groups excluding carboxylic acids is 1. The highest BCUT2D eigenvalue weighted by Gasteiger charge is 2.25. The minimum atomic E-state index is -0.284. The van der Waals surface area contributed by atoms with Crippen LogP contribution in [0.2, 0.25) is 0 Å². The number of aromatic nitrogens is 2. The quantitative estimate of drug-likeness (QED) is 0.937. The van der Waals surface area contributed by atoms with E-state index >= 15 is 0 Å². The van der Waals surface area contributed by atoms with E-state index in [1.807, 2.05) is 31.2 Å². The topological polar surface area (TPSA) is 64.1 Å². The Morgan fingerprint density at radius 1 is 1.24 bits per heavy atom. The number of amides is 1. The fourth-order valence-corrected chi connectivity index (χ4v) is 2.17. The van der Waals surface area contributed by atoms with Crippen LogP contribution in [-0.4, -0.2) is 23.2 Å². The molecule has 2 aromatic rings. The average Bonchev–Trinajstić information content (AvgIpc) is 3.32. The molecule has 0 spiro atoms. The molecule has 1 aliphatic rings. The van der Waals surface area contributed by atoms with E-state index in [4.69, 9.17) is 4.74 Å². The second-order valence-electron chi connectivity index (χ2n) is 5.28. The molecule has 5 heteroatoms. The minimum absolute atomic E-state index is 0.284. The molecule has 1 saturated carbocycles. The van der Waals surface area contributed by atoms with Gasteiger partial charge in [0, 0.05) is 5.92 Å². The Bertz CT molecular complexity index is 664. The highest BCUT2D eigenvalue weighted by Crippen LogP contribution is 2.38. The molecule has 0 bridgehead atoms. The van der Waals surface area contributed by atoms with E-state index in [-0.39, 0.29) is 5.91 Å². The Morgan fingerprint density at radius 2 is 2.05 bits per heavy atom. The Hall–Kier alpha value is -2.43. The van der Waals surface area contributed by atoms with Gasteiger partial charge in [0.15, 0.2) is 5.69 Å². The van der Waals surface area contributed by atoms with E-state index in [2.05, 4.69) is 15.5 Å². The van der Waals surface area contributed by atoms with Crippen molar-refractivity contribution >= 4 is 11.6 Å². The van der Waals surface area contributed by atoms with Crippen molar-refractivity contribution in [2.24, 2.45) is 0 Å². The molecule has 1 heterocycles. The summed E-state index contributed by atoms with van der Waals surface area (Å²) in [7, 11) is 1.57. The number of anilines is 1. The van der Waals surface area contributed by atoms with Gasteiger partial charge in [0.2, 0.25) is 0 Å². The van der Waals surface area contributed by atoms with E-state index in [0.717, 1.165) is 11.3 Å². The van der Waals surface area contributed by atoms with Gasteiger partial charge in [-0.2, -0.15) is 5.10 Å². The number of nitrogens with one attached hydrogen (secondary N) is 1. The molecular formula is C16H17N3O2. The molecule has 1 aliphatic carbocycles. The second-order valence-corrected chi connectivity index (χ2v) is 5.28. The zero-order valence-electron chi connectivity index (χ0n) is 12.1. The summed E-state index contributed by atoms with van der Waals surface area (Å²) < 4.78 is 5.25. The molecule has 108 valence electrons. The summed E-state index contributed by atoms with van der Waals surface area (Å²) in [4.78, 5) is 12.2. The van der Waals surface area contributed by atoms with E-state index in [0.29, 0.717) is 23.0 Å². The lowest BCUT2D eigenvalue weighted by Gasteiger charge is -2.10. The van der Waals surface area contributed by atoms with Gasteiger partial charge in [0.25, 0.3) is 5.91 Å².